The molecular weight excluding hydrogens is 440 g/mol. The lowest BCUT2D eigenvalue weighted by Gasteiger charge is -2.24. The number of hydrogen-bond acceptors (Lipinski definition) is 8. The van der Waals surface area contributed by atoms with Crippen molar-refractivity contribution in [2.75, 3.05) is 26.2 Å². The number of amides is 1. The zero-order valence-corrected chi connectivity index (χ0v) is 19.4. The number of aryl methyl sites for hydroxylation is 2. The van der Waals surface area contributed by atoms with Gasteiger partial charge in [0.2, 0.25) is 5.75 Å². The Balaban J connectivity index is 2.00. The van der Waals surface area contributed by atoms with Crippen LogP contribution in [0, 0.1) is 13.8 Å². The predicted octanol–water partition coefficient (Wildman–Crippen LogP) is 3.94. The molecule has 1 fully saturated rings. The van der Waals surface area contributed by atoms with E-state index < -0.39 is 17.7 Å². The number of aromatic nitrogens is 1. The van der Waals surface area contributed by atoms with Crippen molar-refractivity contribution < 1.29 is 33.4 Å². The minimum atomic E-state index is -1.03. The standard InChI is InChI=1S/C25H24N2O7/c1-13-6-8-15(9-7-13)22(28)20-21(16-11-17(31-3)24(33-5)18(12-16)32-4)27(25(30)23(20)29)19-10-14(2)34-26-19/h6-12,21,28H,1-5H3/t21-/m0/s1. The van der Waals surface area contributed by atoms with Crippen LogP contribution in [-0.2, 0) is 9.59 Å². The molecule has 1 N–H and O–H groups in total. The molecule has 34 heavy (non-hydrogen) atoms. The number of rotatable bonds is 6. The number of hydrogen-bond donors (Lipinski definition) is 1. The molecule has 1 atom stereocenters. The van der Waals surface area contributed by atoms with E-state index in [-0.39, 0.29) is 17.2 Å². The summed E-state index contributed by atoms with van der Waals surface area (Å²) in [6, 6.07) is 10.7. The van der Waals surface area contributed by atoms with Gasteiger partial charge in [-0.15, -0.1) is 0 Å². The SMILES string of the molecule is COc1cc([C@H]2C(=C(O)c3ccc(C)cc3)C(=O)C(=O)N2c2cc(C)on2)cc(OC)c1OC. The maximum atomic E-state index is 13.2. The van der Waals surface area contributed by atoms with Crippen molar-refractivity contribution in [1.82, 2.24) is 5.16 Å². The van der Waals surface area contributed by atoms with Crippen molar-refractivity contribution in [1.29, 1.82) is 0 Å². The average Bonchev–Trinajstić information content (AvgIpc) is 3.38. The van der Waals surface area contributed by atoms with E-state index in [4.69, 9.17) is 18.7 Å². The molecule has 0 unspecified atom stereocenters. The quantitative estimate of drug-likeness (QED) is 0.332. The summed E-state index contributed by atoms with van der Waals surface area (Å²) in [6.07, 6.45) is 0. The van der Waals surface area contributed by atoms with Gasteiger partial charge in [-0.3, -0.25) is 14.5 Å². The maximum Gasteiger partial charge on any atom is 0.301 e. The van der Waals surface area contributed by atoms with Crippen molar-refractivity contribution in [2.24, 2.45) is 0 Å². The molecule has 1 amide bonds. The first-order valence-electron chi connectivity index (χ1n) is 10.4. The normalized spacial score (nSPS) is 17.2. The Bertz CT molecular complexity index is 1270. The average molecular weight is 464 g/mol. The Labute approximate surface area is 196 Å². The largest absolute Gasteiger partial charge is 0.507 e. The van der Waals surface area contributed by atoms with Gasteiger partial charge >= 0.3 is 5.91 Å². The number of aliphatic hydroxyl groups excluding tert-OH is 1. The molecule has 1 aliphatic heterocycles. The summed E-state index contributed by atoms with van der Waals surface area (Å²) in [5.74, 6) is -0.400. The molecule has 9 heteroatoms. The number of nitrogens with zero attached hydrogens (tertiary/aromatic N) is 2. The molecule has 0 bridgehead atoms. The first-order chi connectivity index (χ1) is 16.3. The van der Waals surface area contributed by atoms with E-state index in [2.05, 4.69) is 5.16 Å². The van der Waals surface area contributed by atoms with Crippen molar-refractivity contribution in [3.8, 4) is 17.2 Å². The molecule has 0 aliphatic carbocycles. The summed E-state index contributed by atoms with van der Waals surface area (Å²) < 4.78 is 21.5. The van der Waals surface area contributed by atoms with Crippen LogP contribution >= 0.6 is 0 Å². The van der Waals surface area contributed by atoms with Gasteiger partial charge in [-0.25, -0.2) is 0 Å². The minimum absolute atomic E-state index is 0.0937. The van der Waals surface area contributed by atoms with Gasteiger partial charge < -0.3 is 23.8 Å². The number of aliphatic hydroxyl groups is 1. The van der Waals surface area contributed by atoms with Gasteiger partial charge in [0.15, 0.2) is 17.3 Å². The monoisotopic (exact) mass is 464 g/mol. The molecule has 4 rings (SSSR count). The van der Waals surface area contributed by atoms with Crippen LogP contribution in [0.5, 0.6) is 17.2 Å². The topological polar surface area (TPSA) is 111 Å². The first kappa shape index (κ1) is 22.9. The zero-order chi connectivity index (χ0) is 24.6. The van der Waals surface area contributed by atoms with Gasteiger partial charge in [-0.05, 0) is 31.5 Å². The number of carbonyl (C=O) groups is 2. The van der Waals surface area contributed by atoms with E-state index in [9.17, 15) is 14.7 Å². The highest BCUT2D eigenvalue weighted by molar-refractivity contribution is 6.51. The third kappa shape index (κ3) is 3.75. The van der Waals surface area contributed by atoms with Gasteiger partial charge in [0.25, 0.3) is 5.78 Å². The number of ether oxygens (including phenoxy) is 3. The van der Waals surface area contributed by atoms with Crippen LogP contribution in [0.2, 0.25) is 0 Å². The maximum absolute atomic E-state index is 13.2. The van der Waals surface area contributed by atoms with Gasteiger partial charge in [0, 0.05) is 11.6 Å². The van der Waals surface area contributed by atoms with E-state index >= 15 is 0 Å². The van der Waals surface area contributed by atoms with Crippen LogP contribution in [0.3, 0.4) is 0 Å². The van der Waals surface area contributed by atoms with E-state index in [0.717, 1.165) is 5.56 Å². The van der Waals surface area contributed by atoms with E-state index in [1.807, 2.05) is 6.92 Å². The summed E-state index contributed by atoms with van der Waals surface area (Å²) in [5.41, 5.74) is 1.74. The lowest BCUT2D eigenvalue weighted by Crippen LogP contribution is -2.29. The molecule has 0 spiro atoms. The van der Waals surface area contributed by atoms with Gasteiger partial charge in [-0.2, -0.15) is 0 Å². The Kier molecular flexibility index (Phi) is 6.02. The first-order valence-corrected chi connectivity index (χ1v) is 10.4. The summed E-state index contributed by atoms with van der Waals surface area (Å²) in [7, 11) is 4.40. The molecule has 2 aromatic carbocycles. The molecule has 0 saturated carbocycles. The number of benzene rings is 2. The molecule has 1 aromatic heterocycles. The van der Waals surface area contributed by atoms with Crippen molar-refractivity contribution in [3.63, 3.8) is 0 Å². The van der Waals surface area contributed by atoms with Gasteiger partial charge in [0.1, 0.15) is 11.5 Å². The molecule has 0 radical (unpaired) electrons. The summed E-state index contributed by atoms with van der Waals surface area (Å²) >= 11 is 0. The van der Waals surface area contributed by atoms with Gasteiger partial charge in [-0.1, -0.05) is 35.0 Å². The summed E-state index contributed by atoms with van der Waals surface area (Å²) in [4.78, 5) is 27.6. The Morgan fingerprint density at radius 1 is 0.971 bits per heavy atom. The van der Waals surface area contributed by atoms with Crippen LogP contribution in [0.25, 0.3) is 5.76 Å². The van der Waals surface area contributed by atoms with Crippen LogP contribution in [0.4, 0.5) is 5.82 Å². The Hall–Kier alpha value is -4.27. The molecular formula is C25H24N2O7. The minimum Gasteiger partial charge on any atom is -0.507 e. The zero-order valence-electron chi connectivity index (χ0n) is 19.4. The highest BCUT2D eigenvalue weighted by Crippen LogP contribution is 2.46. The van der Waals surface area contributed by atoms with Crippen LogP contribution in [0.1, 0.15) is 28.5 Å². The Morgan fingerprint density at radius 2 is 1.59 bits per heavy atom. The fraction of sp³-hybridized carbons (Fsp3) is 0.240. The van der Waals surface area contributed by atoms with Crippen LogP contribution in [0.15, 0.2) is 52.6 Å². The number of carbonyl (C=O) groups excluding carboxylic acids is 2. The second-order valence-electron chi connectivity index (χ2n) is 7.79. The number of ketones is 1. The fourth-order valence-electron chi connectivity index (χ4n) is 3.98. The number of anilines is 1. The van der Waals surface area contributed by atoms with E-state index in [1.54, 1.807) is 49.4 Å². The van der Waals surface area contributed by atoms with E-state index in [0.29, 0.717) is 34.1 Å². The van der Waals surface area contributed by atoms with Gasteiger partial charge in [0.05, 0.1) is 32.9 Å². The highest BCUT2D eigenvalue weighted by atomic mass is 16.5. The third-order valence-corrected chi connectivity index (χ3v) is 5.63. The summed E-state index contributed by atoms with van der Waals surface area (Å²) in [6.45, 7) is 3.58. The molecule has 176 valence electrons. The third-order valence-electron chi connectivity index (χ3n) is 5.63. The number of methoxy groups -OCH3 is 3. The molecule has 1 saturated heterocycles. The smallest absolute Gasteiger partial charge is 0.301 e. The van der Waals surface area contributed by atoms with Crippen molar-refractivity contribution >= 4 is 23.3 Å². The van der Waals surface area contributed by atoms with Crippen LogP contribution < -0.4 is 19.1 Å². The second-order valence-corrected chi connectivity index (χ2v) is 7.79. The van der Waals surface area contributed by atoms with Crippen molar-refractivity contribution in [3.05, 3.63) is 70.5 Å². The summed E-state index contributed by atoms with van der Waals surface area (Å²) in [5, 5.41) is 15.1. The van der Waals surface area contributed by atoms with E-state index in [1.165, 1.54) is 26.2 Å². The van der Waals surface area contributed by atoms with Crippen molar-refractivity contribution in [2.45, 2.75) is 19.9 Å². The predicted molar refractivity (Wildman–Crippen MR) is 123 cm³/mol. The van der Waals surface area contributed by atoms with Crippen LogP contribution in [-0.4, -0.2) is 43.3 Å². The Morgan fingerprint density at radius 3 is 2.09 bits per heavy atom. The molecule has 1 aliphatic rings. The molecule has 9 nitrogen and oxygen atoms in total. The lowest BCUT2D eigenvalue weighted by atomic mass is 9.94. The second kappa shape index (κ2) is 8.93. The molecule has 3 aromatic rings. The highest BCUT2D eigenvalue weighted by Gasteiger charge is 2.48. The fourth-order valence-corrected chi connectivity index (χ4v) is 3.98. The number of Topliss-reactive ketones (excluding diaryl/α,β-unsaturated/α-hetero) is 1. The molecule has 2 heterocycles. The lowest BCUT2D eigenvalue weighted by molar-refractivity contribution is -0.132.